The molecule has 8 nitrogen and oxygen atoms in total. The summed E-state index contributed by atoms with van der Waals surface area (Å²) in [7, 11) is 0. The number of benzene rings is 1. The summed E-state index contributed by atoms with van der Waals surface area (Å²) in [4.78, 5) is 15.0. The lowest BCUT2D eigenvalue weighted by Gasteiger charge is -2.10. The largest absolute Gasteiger partial charge is 0.465 e. The number of hydrogen-bond donors (Lipinski definition) is 3. The Hall–Kier alpha value is -3.16. The Bertz CT molecular complexity index is 874. The minimum Gasteiger partial charge on any atom is -0.465 e. The molecule has 1 aromatic carbocycles. The Labute approximate surface area is 132 Å². The third kappa shape index (κ3) is 2.91. The number of anilines is 2. The number of aryl methyl sites for hydroxylation is 1. The van der Waals surface area contributed by atoms with E-state index < -0.39 is 6.09 Å². The standard InChI is InChI=1S/C15H16N6O2/c1-9-4-3-5-11(10(9)2)8-17-12-13-19-20-14(18-15(22)23)21(13)7-6-16-12/h3-7H,8H2,1-2H3,(H,16,17)(H,18,20)(H,22,23). The van der Waals surface area contributed by atoms with Gasteiger partial charge >= 0.3 is 6.09 Å². The van der Waals surface area contributed by atoms with Crippen LogP contribution in [0.2, 0.25) is 0 Å². The van der Waals surface area contributed by atoms with E-state index in [2.05, 4.69) is 51.8 Å². The fraction of sp³-hybridized carbons (Fsp3) is 0.200. The van der Waals surface area contributed by atoms with E-state index in [4.69, 9.17) is 5.11 Å². The molecule has 0 aliphatic carbocycles. The van der Waals surface area contributed by atoms with E-state index in [1.165, 1.54) is 15.5 Å². The van der Waals surface area contributed by atoms with E-state index in [9.17, 15) is 4.79 Å². The Morgan fingerprint density at radius 3 is 2.91 bits per heavy atom. The molecule has 0 radical (unpaired) electrons. The summed E-state index contributed by atoms with van der Waals surface area (Å²) < 4.78 is 1.53. The molecule has 23 heavy (non-hydrogen) atoms. The molecule has 0 saturated heterocycles. The van der Waals surface area contributed by atoms with E-state index in [1.807, 2.05) is 6.07 Å². The molecule has 2 aromatic heterocycles. The monoisotopic (exact) mass is 312 g/mol. The second kappa shape index (κ2) is 5.91. The van der Waals surface area contributed by atoms with E-state index >= 15 is 0 Å². The average Bonchev–Trinajstić information content (AvgIpc) is 2.92. The molecule has 0 fully saturated rings. The number of fused-ring (bicyclic) bond motifs is 1. The van der Waals surface area contributed by atoms with Crippen LogP contribution in [0.3, 0.4) is 0 Å². The van der Waals surface area contributed by atoms with Gasteiger partial charge in [0, 0.05) is 18.9 Å². The maximum Gasteiger partial charge on any atom is 0.411 e. The first-order valence-corrected chi connectivity index (χ1v) is 7.05. The van der Waals surface area contributed by atoms with Gasteiger partial charge in [0.1, 0.15) is 0 Å². The van der Waals surface area contributed by atoms with Gasteiger partial charge in [-0.3, -0.25) is 9.72 Å². The molecule has 1 amide bonds. The first kappa shape index (κ1) is 14.8. The predicted molar refractivity (Wildman–Crippen MR) is 85.7 cm³/mol. The number of aromatic nitrogens is 4. The second-order valence-corrected chi connectivity index (χ2v) is 5.14. The van der Waals surface area contributed by atoms with Crippen LogP contribution in [0.1, 0.15) is 16.7 Å². The molecule has 0 unspecified atom stereocenters. The highest BCUT2D eigenvalue weighted by molar-refractivity contribution is 5.81. The smallest absolute Gasteiger partial charge is 0.411 e. The van der Waals surface area contributed by atoms with Crippen molar-refractivity contribution >= 4 is 23.5 Å². The van der Waals surface area contributed by atoms with Gasteiger partial charge in [-0.15, -0.1) is 10.2 Å². The van der Waals surface area contributed by atoms with Crippen molar-refractivity contribution in [2.75, 3.05) is 10.6 Å². The van der Waals surface area contributed by atoms with Gasteiger partial charge in [-0.2, -0.15) is 0 Å². The Morgan fingerprint density at radius 2 is 2.13 bits per heavy atom. The van der Waals surface area contributed by atoms with E-state index in [0.29, 0.717) is 18.0 Å². The van der Waals surface area contributed by atoms with Crippen molar-refractivity contribution in [3.05, 3.63) is 47.3 Å². The van der Waals surface area contributed by atoms with Crippen LogP contribution in [0.15, 0.2) is 30.6 Å². The van der Waals surface area contributed by atoms with Gasteiger partial charge in [0.25, 0.3) is 0 Å². The van der Waals surface area contributed by atoms with Crippen LogP contribution < -0.4 is 10.6 Å². The summed E-state index contributed by atoms with van der Waals surface area (Å²) in [5.41, 5.74) is 4.08. The lowest BCUT2D eigenvalue weighted by Crippen LogP contribution is -2.11. The third-order valence-corrected chi connectivity index (χ3v) is 3.71. The van der Waals surface area contributed by atoms with Crippen LogP contribution in [-0.4, -0.2) is 30.8 Å². The van der Waals surface area contributed by atoms with Crippen molar-refractivity contribution in [3.8, 4) is 0 Å². The maximum absolute atomic E-state index is 10.8. The molecule has 0 aliphatic rings. The number of hydrogen-bond acceptors (Lipinski definition) is 5. The van der Waals surface area contributed by atoms with E-state index in [0.717, 1.165) is 5.56 Å². The van der Waals surface area contributed by atoms with Crippen molar-refractivity contribution in [2.24, 2.45) is 0 Å². The molecule has 3 rings (SSSR count). The SMILES string of the molecule is Cc1cccc(CNc2nccn3c(NC(=O)O)nnc23)c1C. The van der Waals surface area contributed by atoms with Crippen molar-refractivity contribution in [1.29, 1.82) is 0 Å². The molecule has 0 spiro atoms. The van der Waals surface area contributed by atoms with Gasteiger partial charge in [-0.1, -0.05) is 18.2 Å². The van der Waals surface area contributed by atoms with Crippen LogP contribution in [0, 0.1) is 13.8 Å². The summed E-state index contributed by atoms with van der Waals surface area (Å²) in [5, 5.41) is 22.0. The minimum absolute atomic E-state index is 0.129. The number of nitrogens with zero attached hydrogens (tertiary/aromatic N) is 4. The summed E-state index contributed by atoms with van der Waals surface area (Å²) in [6.07, 6.45) is 1.97. The van der Waals surface area contributed by atoms with E-state index in [-0.39, 0.29) is 5.95 Å². The van der Waals surface area contributed by atoms with Gasteiger partial charge in [-0.05, 0) is 30.5 Å². The molecular weight excluding hydrogens is 296 g/mol. The molecule has 0 saturated carbocycles. The zero-order chi connectivity index (χ0) is 16.4. The van der Waals surface area contributed by atoms with Crippen LogP contribution >= 0.6 is 0 Å². The highest BCUT2D eigenvalue weighted by Gasteiger charge is 2.12. The molecule has 8 heteroatoms. The van der Waals surface area contributed by atoms with Gasteiger partial charge in [0.15, 0.2) is 5.82 Å². The topological polar surface area (TPSA) is 104 Å². The third-order valence-electron chi connectivity index (χ3n) is 3.71. The zero-order valence-corrected chi connectivity index (χ0v) is 12.7. The highest BCUT2D eigenvalue weighted by atomic mass is 16.4. The van der Waals surface area contributed by atoms with Crippen LogP contribution in [0.25, 0.3) is 5.65 Å². The van der Waals surface area contributed by atoms with Gasteiger partial charge in [-0.25, -0.2) is 9.78 Å². The Kier molecular flexibility index (Phi) is 3.80. The number of rotatable bonds is 4. The summed E-state index contributed by atoms with van der Waals surface area (Å²) in [6, 6.07) is 6.14. The van der Waals surface area contributed by atoms with Gasteiger partial charge in [0.05, 0.1) is 0 Å². The number of carboxylic acid groups (broad SMARTS) is 1. The molecule has 2 heterocycles. The predicted octanol–water partition coefficient (Wildman–Crippen LogP) is 2.44. The molecule has 0 aliphatic heterocycles. The van der Waals surface area contributed by atoms with Gasteiger partial charge < -0.3 is 10.4 Å². The molecular formula is C15H16N6O2. The number of nitrogens with one attached hydrogen (secondary N) is 2. The first-order chi connectivity index (χ1) is 11.1. The summed E-state index contributed by atoms with van der Waals surface area (Å²) in [6.45, 7) is 4.74. The van der Waals surface area contributed by atoms with E-state index in [1.54, 1.807) is 12.4 Å². The lowest BCUT2D eigenvalue weighted by atomic mass is 10.0. The maximum atomic E-state index is 10.8. The average molecular weight is 312 g/mol. The summed E-state index contributed by atoms with van der Waals surface area (Å²) >= 11 is 0. The van der Waals surface area contributed by atoms with Gasteiger partial charge in [0.2, 0.25) is 11.6 Å². The van der Waals surface area contributed by atoms with Crippen LogP contribution in [0.5, 0.6) is 0 Å². The normalized spacial score (nSPS) is 10.7. The van der Waals surface area contributed by atoms with Crippen molar-refractivity contribution in [1.82, 2.24) is 19.6 Å². The zero-order valence-electron chi connectivity index (χ0n) is 12.7. The minimum atomic E-state index is -1.19. The van der Waals surface area contributed by atoms with Crippen molar-refractivity contribution in [2.45, 2.75) is 20.4 Å². The first-order valence-electron chi connectivity index (χ1n) is 7.05. The lowest BCUT2D eigenvalue weighted by molar-refractivity contribution is 0.209. The fourth-order valence-corrected chi connectivity index (χ4v) is 2.31. The number of amides is 1. The Morgan fingerprint density at radius 1 is 1.30 bits per heavy atom. The number of carbonyl (C=O) groups is 1. The molecule has 0 atom stereocenters. The second-order valence-electron chi connectivity index (χ2n) is 5.14. The van der Waals surface area contributed by atoms with Crippen LogP contribution in [0.4, 0.5) is 16.6 Å². The van der Waals surface area contributed by atoms with Crippen molar-refractivity contribution in [3.63, 3.8) is 0 Å². The summed E-state index contributed by atoms with van der Waals surface area (Å²) in [5.74, 6) is 0.670. The quantitative estimate of drug-likeness (QED) is 0.683. The molecule has 3 N–H and O–H groups in total. The molecule has 0 bridgehead atoms. The van der Waals surface area contributed by atoms with Crippen LogP contribution in [-0.2, 0) is 6.54 Å². The highest BCUT2D eigenvalue weighted by Crippen LogP contribution is 2.18. The molecule has 118 valence electrons. The Balaban J connectivity index is 1.87. The van der Waals surface area contributed by atoms with Crippen molar-refractivity contribution < 1.29 is 9.90 Å². The molecule has 3 aromatic rings. The fourth-order valence-electron chi connectivity index (χ4n) is 2.31.